The molecule has 1 N–H and O–H groups in total. The van der Waals surface area contributed by atoms with Crippen molar-refractivity contribution < 1.29 is 14.3 Å². The molecule has 18 heavy (non-hydrogen) atoms. The molecule has 0 bridgehead atoms. The molecule has 1 heterocycles. The van der Waals surface area contributed by atoms with Crippen LogP contribution in [0.4, 0.5) is 5.69 Å². The summed E-state index contributed by atoms with van der Waals surface area (Å²) in [4.78, 5) is 24.4. The van der Waals surface area contributed by atoms with Crippen molar-refractivity contribution in [3.05, 3.63) is 23.8 Å². The summed E-state index contributed by atoms with van der Waals surface area (Å²) in [6.45, 7) is 1.96. The number of likely N-dealkylation sites (tertiary alicyclic amines) is 1. The third-order valence-corrected chi connectivity index (χ3v) is 3.07. The molecule has 0 saturated carbocycles. The lowest BCUT2D eigenvalue weighted by Gasteiger charge is -2.15. The Morgan fingerprint density at radius 3 is 2.67 bits per heavy atom. The van der Waals surface area contributed by atoms with Gasteiger partial charge in [-0.05, 0) is 24.6 Å². The van der Waals surface area contributed by atoms with Gasteiger partial charge in [-0.2, -0.15) is 0 Å². The molecule has 1 aliphatic heterocycles. The summed E-state index contributed by atoms with van der Waals surface area (Å²) in [5, 5.41) is 3.07. The third-order valence-electron chi connectivity index (χ3n) is 3.07. The molecule has 2 amide bonds. The molecule has 1 fully saturated rings. The van der Waals surface area contributed by atoms with Gasteiger partial charge in [0.15, 0.2) is 0 Å². The molecular formula is C13H16N2O3. The molecule has 96 valence electrons. The number of hydrogen-bond donors (Lipinski definition) is 1. The van der Waals surface area contributed by atoms with E-state index < -0.39 is 6.04 Å². The van der Waals surface area contributed by atoms with Gasteiger partial charge in [0.05, 0.1) is 19.2 Å². The van der Waals surface area contributed by atoms with Crippen molar-refractivity contribution in [2.45, 2.75) is 19.4 Å². The number of likely N-dealkylation sites (N-methyl/N-ethyl adjacent to an activating group) is 1. The number of rotatable bonds is 3. The van der Waals surface area contributed by atoms with E-state index in [9.17, 15) is 9.59 Å². The van der Waals surface area contributed by atoms with Gasteiger partial charge in [-0.15, -0.1) is 0 Å². The van der Waals surface area contributed by atoms with Gasteiger partial charge in [0, 0.05) is 7.05 Å². The van der Waals surface area contributed by atoms with E-state index in [1.54, 1.807) is 7.11 Å². The lowest BCUT2D eigenvalue weighted by Crippen LogP contribution is -2.31. The van der Waals surface area contributed by atoms with Crippen LogP contribution in [0.1, 0.15) is 12.0 Å². The maximum Gasteiger partial charge on any atom is 0.251 e. The molecule has 1 unspecified atom stereocenters. The number of aryl methyl sites for hydroxylation is 1. The van der Waals surface area contributed by atoms with Crippen molar-refractivity contribution in [3.63, 3.8) is 0 Å². The molecule has 2 rings (SSSR count). The highest BCUT2D eigenvalue weighted by Crippen LogP contribution is 2.27. The second-order valence-electron chi connectivity index (χ2n) is 4.40. The molecular weight excluding hydrogens is 232 g/mol. The molecule has 0 radical (unpaired) electrons. The predicted octanol–water partition coefficient (Wildman–Crippen LogP) is 1.17. The smallest absolute Gasteiger partial charge is 0.251 e. The van der Waals surface area contributed by atoms with Gasteiger partial charge >= 0.3 is 0 Å². The lowest BCUT2D eigenvalue weighted by molar-refractivity contribution is -0.136. The van der Waals surface area contributed by atoms with Crippen molar-refractivity contribution in [2.24, 2.45) is 0 Å². The van der Waals surface area contributed by atoms with Crippen LogP contribution in [0, 0.1) is 6.92 Å². The zero-order valence-corrected chi connectivity index (χ0v) is 10.7. The Morgan fingerprint density at radius 2 is 2.11 bits per heavy atom. The third kappa shape index (κ3) is 2.16. The molecule has 1 saturated heterocycles. The Labute approximate surface area is 106 Å². The molecule has 1 aliphatic rings. The van der Waals surface area contributed by atoms with Crippen LogP contribution in [0.3, 0.4) is 0 Å². The molecule has 0 aliphatic carbocycles. The molecule has 1 atom stereocenters. The van der Waals surface area contributed by atoms with Gasteiger partial charge in [0.1, 0.15) is 11.8 Å². The number of nitrogens with one attached hydrogen (secondary N) is 1. The van der Waals surface area contributed by atoms with Gasteiger partial charge in [-0.25, -0.2) is 0 Å². The van der Waals surface area contributed by atoms with Crippen LogP contribution in [0.5, 0.6) is 5.75 Å². The van der Waals surface area contributed by atoms with Crippen LogP contribution in [0.25, 0.3) is 0 Å². The molecule has 5 heteroatoms. The van der Waals surface area contributed by atoms with Crippen LogP contribution >= 0.6 is 0 Å². The van der Waals surface area contributed by atoms with E-state index in [-0.39, 0.29) is 18.2 Å². The van der Waals surface area contributed by atoms with E-state index in [1.807, 2.05) is 25.1 Å². The number of amides is 2. The summed E-state index contributed by atoms with van der Waals surface area (Å²) in [6, 6.07) is 5.16. The number of carbonyl (C=O) groups excluding carboxylic acids is 2. The van der Waals surface area contributed by atoms with Crippen molar-refractivity contribution in [2.75, 3.05) is 19.5 Å². The van der Waals surface area contributed by atoms with Gasteiger partial charge in [-0.3, -0.25) is 14.5 Å². The molecule has 1 aromatic rings. The van der Waals surface area contributed by atoms with E-state index in [0.29, 0.717) is 5.75 Å². The van der Waals surface area contributed by atoms with Crippen molar-refractivity contribution >= 4 is 17.5 Å². The topological polar surface area (TPSA) is 58.6 Å². The molecule has 0 spiro atoms. The van der Waals surface area contributed by atoms with Crippen LogP contribution in [0.2, 0.25) is 0 Å². The SMILES string of the molecule is COc1ccc(C)cc1NC1CC(=O)N(C)C1=O. The highest BCUT2D eigenvalue weighted by molar-refractivity contribution is 6.06. The largest absolute Gasteiger partial charge is 0.495 e. The first kappa shape index (κ1) is 12.4. The number of imide groups is 1. The summed E-state index contributed by atoms with van der Waals surface area (Å²) in [5.41, 5.74) is 1.79. The van der Waals surface area contributed by atoms with Crippen molar-refractivity contribution in [1.29, 1.82) is 0 Å². The fourth-order valence-electron chi connectivity index (χ4n) is 1.99. The van der Waals surface area contributed by atoms with Gasteiger partial charge in [-0.1, -0.05) is 6.07 Å². The van der Waals surface area contributed by atoms with Crippen LogP contribution in [0.15, 0.2) is 18.2 Å². The molecule has 0 aromatic heterocycles. The molecule has 5 nitrogen and oxygen atoms in total. The standard InChI is InChI=1S/C13H16N2O3/c1-8-4-5-11(18-3)9(6-8)14-10-7-12(16)15(2)13(10)17/h4-6,10,14H,7H2,1-3H3. The van der Waals surface area contributed by atoms with E-state index in [4.69, 9.17) is 4.74 Å². The summed E-state index contributed by atoms with van der Waals surface area (Å²) < 4.78 is 5.23. The zero-order chi connectivity index (χ0) is 13.3. The van der Waals surface area contributed by atoms with E-state index in [2.05, 4.69) is 5.32 Å². The minimum atomic E-state index is -0.502. The number of anilines is 1. The summed E-state index contributed by atoms with van der Waals surface area (Å²) in [7, 11) is 3.07. The quantitative estimate of drug-likeness (QED) is 0.816. The predicted molar refractivity (Wildman–Crippen MR) is 67.5 cm³/mol. The Hall–Kier alpha value is -2.04. The fourth-order valence-corrected chi connectivity index (χ4v) is 1.99. The Morgan fingerprint density at radius 1 is 1.39 bits per heavy atom. The first-order chi connectivity index (χ1) is 8.52. The maximum absolute atomic E-state index is 11.8. The Kier molecular flexibility index (Phi) is 3.23. The number of hydrogen-bond acceptors (Lipinski definition) is 4. The second kappa shape index (κ2) is 4.68. The number of ether oxygens (including phenoxy) is 1. The fraction of sp³-hybridized carbons (Fsp3) is 0.385. The Balaban J connectivity index is 2.22. The lowest BCUT2D eigenvalue weighted by atomic mass is 10.1. The summed E-state index contributed by atoms with van der Waals surface area (Å²) in [6.07, 6.45) is 0.187. The summed E-state index contributed by atoms with van der Waals surface area (Å²) in [5.74, 6) is 0.295. The first-order valence-electron chi connectivity index (χ1n) is 5.74. The maximum atomic E-state index is 11.8. The number of benzene rings is 1. The first-order valence-corrected chi connectivity index (χ1v) is 5.74. The molecule has 1 aromatic carbocycles. The van der Waals surface area contributed by atoms with Gasteiger partial charge in [0.25, 0.3) is 5.91 Å². The highest BCUT2D eigenvalue weighted by Gasteiger charge is 2.36. The highest BCUT2D eigenvalue weighted by atomic mass is 16.5. The summed E-state index contributed by atoms with van der Waals surface area (Å²) >= 11 is 0. The van der Waals surface area contributed by atoms with E-state index in [0.717, 1.165) is 16.2 Å². The minimum Gasteiger partial charge on any atom is -0.495 e. The average molecular weight is 248 g/mol. The zero-order valence-electron chi connectivity index (χ0n) is 10.7. The number of nitrogens with zero attached hydrogens (tertiary/aromatic N) is 1. The van der Waals surface area contributed by atoms with Gasteiger partial charge in [0.2, 0.25) is 5.91 Å². The second-order valence-corrected chi connectivity index (χ2v) is 4.40. The normalized spacial score (nSPS) is 19.3. The van der Waals surface area contributed by atoms with Crippen molar-refractivity contribution in [3.8, 4) is 5.75 Å². The van der Waals surface area contributed by atoms with E-state index >= 15 is 0 Å². The van der Waals surface area contributed by atoms with Crippen LogP contribution in [-0.2, 0) is 9.59 Å². The number of carbonyl (C=O) groups is 2. The number of methoxy groups -OCH3 is 1. The average Bonchev–Trinajstić information content (AvgIpc) is 2.57. The van der Waals surface area contributed by atoms with Crippen molar-refractivity contribution in [1.82, 2.24) is 4.90 Å². The van der Waals surface area contributed by atoms with Crippen LogP contribution in [-0.4, -0.2) is 36.9 Å². The van der Waals surface area contributed by atoms with Crippen LogP contribution < -0.4 is 10.1 Å². The minimum absolute atomic E-state index is 0.163. The van der Waals surface area contributed by atoms with Gasteiger partial charge < -0.3 is 10.1 Å². The monoisotopic (exact) mass is 248 g/mol. The van der Waals surface area contributed by atoms with E-state index in [1.165, 1.54) is 7.05 Å². The Bertz CT molecular complexity index is 499.